The molecular weight excluding hydrogens is 290 g/mol. The van der Waals surface area contributed by atoms with Gasteiger partial charge in [-0.05, 0) is 44.9 Å². The Morgan fingerprint density at radius 2 is 2.13 bits per heavy atom. The van der Waals surface area contributed by atoms with Gasteiger partial charge in [-0.2, -0.15) is 0 Å². The van der Waals surface area contributed by atoms with Gasteiger partial charge in [-0.25, -0.2) is 0 Å². The number of phenolic OH excluding ortho intramolecular Hbond substituents is 1. The van der Waals surface area contributed by atoms with E-state index in [-0.39, 0.29) is 17.3 Å². The third-order valence-electron chi connectivity index (χ3n) is 6.58. The zero-order chi connectivity index (χ0) is 15.9. The van der Waals surface area contributed by atoms with Gasteiger partial charge in [-0.3, -0.25) is 4.90 Å². The Balaban J connectivity index is 1.78. The SMILES string of the molecule is CC(C)N1CCC23c4c5ccc(O)c4OC2C(O)C=CC3C1C5. The summed E-state index contributed by atoms with van der Waals surface area (Å²) < 4.78 is 6.15. The van der Waals surface area contributed by atoms with E-state index < -0.39 is 6.10 Å². The summed E-state index contributed by atoms with van der Waals surface area (Å²) in [6.07, 6.45) is 5.21. The van der Waals surface area contributed by atoms with E-state index in [1.165, 1.54) is 11.1 Å². The highest BCUT2D eigenvalue weighted by Crippen LogP contribution is 2.62. The molecule has 1 spiro atoms. The van der Waals surface area contributed by atoms with E-state index in [4.69, 9.17) is 4.74 Å². The van der Waals surface area contributed by atoms with Crippen LogP contribution in [0.25, 0.3) is 0 Å². The molecular formula is C19H23NO3. The number of rotatable bonds is 1. The van der Waals surface area contributed by atoms with Crippen LogP contribution in [0.1, 0.15) is 31.4 Å². The lowest BCUT2D eigenvalue weighted by atomic mass is 9.53. The average Bonchev–Trinajstić information content (AvgIpc) is 2.86. The molecule has 122 valence electrons. The Labute approximate surface area is 136 Å². The molecule has 0 amide bonds. The van der Waals surface area contributed by atoms with Crippen molar-refractivity contribution in [3.8, 4) is 11.5 Å². The minimum absolute atomic E-state index is 0.175. The van der Waals surface area contributed by atoms with E-state index in [9.17, 15) is 10.2 Å². The molecule has 4 aliphatic rings. The summed E-state index contributed by atoms with van der Waals surface area (Å²) in [4.78, 5) is 2.60. The summed E-state index contributed by atoms with van der Waals surface area (Å²) >= 11 is 0. The number of nitrogens with zero attached hydrogens (tertiary/aromatic N) is 1. The topological polar surface area (TPSA) is 52.9 Å². The second-order valence-electron chi connectivity index (χ2n) is 7.78. The highest BCUT2D eigenvalue weighted by molar-refractivity contribution is 5.61. The lowest BCUT2D eigenvalue weighted by Gasteiger charge is -2.58. The van der Waals surface area contributed by atoms with Crippen LogP contribution >= 0.6 is 0 Å². The monoisotopic (exact) mass is 313 g/mol. The van der Waals surface area contributed by atoms with Crippen LogP contribution in [0.5, 0.6) is 11.5 Å². The van der Waals surface area contributed by atoms with Gasteiger partial charge in [-0.1, -0.05) is 18.2 Å². The van der Waals surface area contributed by atoms with Gasteiger partial charge in [0.15, 0.2) is 11.5 Å². The van der Waals surface area contributed by atoms with Crippen LogP contribution in [0.2, 0.25) is 0 Å². The van der Waals surface area contributed by atoms with Gasteiger partial charge >= 0.3 is 0 Å². The van der Waals surface area contributed by atoms with Crippen LogP contribution in [0.4, 0.5) is 0 Å². The third-order valence-corrected chi connectivity index (χ3v) is 6.58. The first kappa shape index (κ1) is 13.9. The molecule has 2 aliphatic carbocycles. The van der Waals surface area contributed by atoms with Gasteiger partial charge in [0, 0.05) is 29.0 Å². The molecule has 2 heterocycles. The largest absolute Gasteiger partial charge is 0.504 e. The van der Waals surface area contributed by atoms with Crippen LogP contribution in [0.15, 0.2) is 24.3 Å². The van der Waals surface area contributed by atoms with Crippen LogP contribution < -0.4 is 4.74 Å². The van der Waals surface area contributed by atoms with Crippen LogP contribution in [-0.2, 0) is 11.8 Å². The smallest absolute Gasteiger partial charge is 0.165 e. The molecule has 2 bridgehead atoms. The second kappa shape index (κ2) is 4.31. The summed E-state index contributed by atoms with van der Waals surface area (Å²) in [7, 11) is 0. The molecule has 5 unspecified atom stereocenters. The van der Waals surface area contributed by atoms with E-state index in [0.29, 0.717) is 23.8 Å². The van der Waals surface area contributed by atoms with Crippen molar-refractivity contribution in [2.24, 2.45) is 5.92 Å². The molecule has 1 aromatic carbocycles. The van der Waals surface area contributed by atoms with Crippen molar-refractivity contribution in [3.63, 3.8) is 0 Å². The minimum Gasteiger partial charge on any atom is -0.504 e. The molecule has 1 aromatic rings. The van der Waals surface area contributed by atoms with E-state index in [1.807, 2.05) is 6.08 Å². The van der Waals surface area contributed by atoms with Gasteiger partial charge < -0.3 is 14.9 Å². The molecule has 4 nitrogen and oxygen atoms in total. The van der Waals surface area contributed by atoms with Crippen molar-refractivity contribution in [1.82, 2.24) is 4.90 Å². The number of hydrogen-bond acceptors (Lipinski definition) is 4. The molecule has 0 saturated carbocycles. The maximum Gasteiger partial charge on any atom is 0.165 e. The molecule has 0 aromatic heterocycles. The maximum atomic E-state index is 10.5. The lowest BCUT2D eigenvalue weighted by molar-refractivity contribution is -0.0591. The molecule has 0 radical (unpaired) electrons. The first-order valence-corrected chi connectivity index (χ1v) is 8.68. The van der Waals surface area contributed by atoms with Gasteiger partial charge in [-0.15, -0.1) is 0 Å². The molecule has 5 rings (SSSR count). The summed E-state index contributed by atoms with van der Waals surface area (Å²) in [6.45, 7) is 5.55. The molecule has 2 N–H and O–H groups in total. The molecule has 23 heavy (non-hydrogen) atoms. The van der Waals surface area contributed by atoms with Crippen molar-refractivity contribution in [3.05, 3.63) is 35.4 Å². The zero-order valence-corrected chi connectivity index (χ0v) is 13.6. The molecule has 1 saturated heterocycles. The fraction of sp³-hybridized carbons (Fsp3) is 0.579. The Morgan fingerprint density at radius 1 is 1.30 bits per heavy atom. The van der Waals surface area contributed by atoms with E-state index in [1.54, 1.807) is 6.07 Å². The lowest BCUT2D eigenvalue weighted by Crippen LogP contribution is -2.66. The van der Waals surface area contributed by atoms with Gasteiger partial charge in [0.2, 0.25) is 0 Å². The number of ether oxygens (including phenoxy) is 1. The van der Waals surface area contributed by atoms with Crippen molar-refractivity contribution in [1.29, 1.82) is 0 Å². The van der Waals surface area contributed by atoms with Gasteiger partial charge in [0.05, 0.1) is 0 Å². The summed E-state index contributed by atoms with van der Waals surface area (Å²) in [5.41, 5.74) is 2.29. The van der Waals surface area contributed by atoms with E-state index in [2.05, 4.69) is 30.9 Å². The number of hydrogen-bond donors (Lipinski definition) is 2. The number of aliphatic hydroxyl groups excluding tert-OH is 1. The predicted octanol–water partition coefficient (Wildman–Crippen LogP) is 1.98. The van der Waals surface area contributed by atoms with Gasteiger partial charge in [0.1, 0.15) is 12.2 Å². The quantitative estimate of drug-likeness (QED) is 0.779. The van der Waals surface area contributed by atoms with Gasteiger partial charge in [0.25, 0.3) is 0 Å². The Bertz CT molecular complexity index is 713. The van der Waals surface area contributed by atoms with Crippen LogP contribution in [0, 0.1) is 5.92 Å². The normalized spacial score (nSPS) is 40.2. The maximum absolute atomic E-state index is 10.5. The number of benzene rings is 1. The van der Waals surface area contributed by atoms with Crippen molar-refractivity contribution in [2.45, 2.75) is 56.4 Å². The Morgan fingerprint density at radius 3 is 2.91 bits per heavy atom. The van der Waals surface area contributed by atoms with Crippen molar-refractivity contribution in [2.75, 3.05) is 6.54 Å². The third kappa shape index (κ3) is 1.49. The fourth-order valence-electron chi connectivity index (χ4n) is 5.73. The molecule has 5 atom stereocenters. The number of aliphatic hydroxyl groups is 1. The number of phenols is 1. The van der Waals surface area contributed by atoms with E-state index in [0.717, 1.165) is 19.4 Å². The first-order valence-electron chi connectivity index (χ1n) is 8.68. The highest BCUT2D eigenvalue weighted by atomic mass is 16.5. The summed E-state index contributed by atoms with van der Waals surface area (Å²) in [6, 6.07) is 4.76. The predicted molar refractivity (Wildman–Crippen MR) is 86.8 cm³/mol. The standard InChI is InChI=1S/C19H23NO3/c1-10(2)20-8-7-19-12-4-6-15(22)18(19)23-17-14(21)5-3-11(16(17)19)9-13(12)20/h3-6,10,12-13,15,18,21-22H,7-9H2,1-2H3. The number of aromatic hydroxyl groups is 1. The number of likely N-dealkylation sites (tertiary alicyclic amines) is 1. The first-order chi connectivity index (χ1) is 11.0. The fourth-order valence-corrected chi connectivity index (χ4v) is 5.73. The Kier molecular flexibility index (Phi) is 2.60. The molecule has 1 fully saturated rings. The molecule has 2 aliphatic heterocycles. The zero-order valence-electron chi connectivity index (χ0n) is 13.6. The van der Waals surface area contributed by atoms with Crippen LogP contribution in [-0.4, -0.2) is 45.9 Å². The molecule has 4 heteroatoms. The summed E-state index contributed by atoms with van der Waals surface area (Å²) in [5.74, 6) is 1.18. The highest BCUT2D eigenvalue weighted by Gasteiger charge is 2.64. The van der Waals surface area contributed by atoms with Crippen molar-refractivity contribution < 1.29 is 14.9 Å². The average molecular weight is 313 g/mol. The summed E-state index contributed by atoms with van der Waals surface area (Å²) in [5, 5.41) is 20.8. The van der Waals surface area contributed by atoms with Crippen LogP contribution in [0.3, 0.4) is 0 Å². The minimum atomic E-state index is -0.602. The number of piperidine rings is 1. The van der Waals surface area contributed by atoms with E-state index >= 15 is 0 Å². The Hall–Kier alpha value is -1.52. The van der Waals surface area contributed by atoms with Crippen molar-refractivity contribution >= 4 is 0 Å². The second-order valence-corrected chi connectivity index (χ2v) is 7.78.